The van der Waals surface area contributed by atoms with Gasteiger partial charge in [0.2, 0.25) is 11.7 Å². The highest BCUT2D eigenvalue weighted by Crippen LogP contribution is 2.29. The summed E-state index contributed by atoms with van der Waals surface area (Å²) < 4.78 is 42.3. The van der Waals surface area contributed by atoms with Gasteiger partial charge in [-0.15, -0.1) is 0 Å². The monoisotopic (exact) mass is 315 g/mol. The lowest BCUT2D eigenvalue weighted by Gasteiger charge is -2.08. The Morgan fingerprint density at radius 3 is 2.29 bits per heavy atom. The molecule has 2 rings (SSSR count). The second kappa shape index (κ2) is 5.73. The van der Waals surface area contributed by atoms with Crippen LogP contribution in [-0.2, 0) is 6.18 Å². The van der Waals surface area contributed by atoms with Crippen LogP contribution in [0.1, 0.15) is 21.6 Å². The van der Waals surface area contributed by atoms with Crippen molar-refractivity contribution in [1.29, 1.82) is 0 Å². The van der Waals surface area contributed by atoms with Gasteiger partial charge in [-0.3, -0.25) is 4.79 Å². The standard InChI is InChI=1S/C14H9ClF3NO2/c1-21-13-10(15)6-7-11(19-13)12(20)8-2-4-9(5-3-8)14(16,17)18/h2-7H,1H3. The number of rotatable bonds is 3. The van der Waals surface area contributed by atoms with E-state index in [0.29, 0.717) is 0 Å². The smallest absolute Gasteiger partial charge is 0.416 e. The molecular weight excluding hydrogens is 307 g/mol. The summed E-state index contributed by atoms with van der Waals surface area (Å²) in [7, 11) is 1.35. The van der Waals surface area contributed by atoms with Gasteiger partial charge in [0.1, 0.15) is 10.7 Å². The third-order valence-corrected chi connectivity index (χ3v) is 3.00. The molecule has 0 aliphatic heterocycles. The highest BCUT2D eigenvalue weighted by molar-refractivity contribution is 6.31. The predicted octanol–water partition coefficient (Wildman–Crippen LogP) is 3.99. The predicted molar refractivity (Wildman–Crippen MR) is 70.7 cm³/mol. The first kappa shape index (κ1) is 15.3. The minimum Gasteiger partial charge on any atom is -0.480 e. The second-order valence-corrected chi connectivity index (χ2v) is 4.50. The van der Waals surface area contributed by atoms with E-state index in [0.717, 1.165) is 24.3 Å². The largest absolute Gasteiger partial charge is 0.480 e. The van der Waals surface area contributed by atoms with Gasteiger partial charge in [-0.2, -0.15) is 13.2 Å². The summed E-state index contributed by atoms with van der Waals surface area (Å²) in [6, 6.07) is 6.72. The number of ketones is 1. The van der Waals surface area contributed by atoms with E-state index in [1.54, 1.807) is 0 Å². The lowest BCUT2D eigenvalue weighted by molar-refractivity contribution is -0.137. The van der Waals surface area contributed by atoms with Crippen LogP contribution in [0.2, 0.25) is 5.02 Å². The van der Waals surface area contributed by atoms with Crippen LogP contribution in [0.25, 0.3) is 0 Å². The van der Waals surface area contributed by atoms with Gasteiger partial charge < -0.3 is 4.74 Å². The summed E-state index contributed by atoms with van der Waals surface area (Å²) in [5.41, 5.74) is -0.684. The Morgan fingerprint density at radius 2 is 1.76 bits per heavy atom. The summed E-state index contributed by atoms with van der Waals surface area (Å²) in [6.07, 6.45) is -4.44. The molecule has 2 aromatic rings. The van der Waals surface area contributed by atoms with E-state index in [1.807, 2.05) is 0 Å². The molecular formula is C14H9ClF3NO2. The van der Waals surface area contributed by atoms with E-state index < -0.39 is 17.5 Å². The van der Waals surface area contributed by atoms with Gasteiger partial charge in [0.05, 0.1) is 12.7 Å². The summed E-state index contributed by atoms with van der Waals surface area (Å²) in [5.74, 6) is -0.437. The fraction of sp³-hybridized carbons (Fsp3) is 0.143. The minimum atomic E-state index is -4.44. The van der Waals surface area contributed by atoms with Crippen LogP contribution < -0.4 is 4.74 Å². The molecule has 0 saturated carbocycles. The number of pyridine rings is 1. The SMILES string of the molecule is COc1nc(C(=O)c2ccc(C(F)(F)F)cc2)ccc1Cl. The number of carbonyl (C=O) groups is 1. The number of methoxy groups -OCH3 is 1. The van der Waals surface area contributed by atoms with Gasteiger partial charge in [0.25, 0.3) is 0 Å². The Morgan fingerprint density at radius 1 is 1.14 bits per heavy atom. The first-order valence-corrected chi connectivity index (χ1v) is 6.13. The first-order valence-electron chi connectivity index (χ1n) is 5.75. The Labute approximate surface area is 123 Å². The van der Waals surface area contributed by atoms with Crippen molar-refractivity contribution in [3.63, 3.8) is 0 Å². The maximum atomic E-state index is 12.5. The number of carbonyl (C=O) groups excluding carboxylic acids is 1. The van der Waals surface area contributed by atoms with Gasteiger partial charge in [0.15, 0.2) is 0 Å². The van der Waals surface area contributed by atoms with E-state index in [-0.39, 0.29) is 22.2 Å². The Hall–Kier alpha value is -2.08. The van der Waals surface area contributed by atoms with Crippen molar-refractivity contribution in [2.24, 2.45) is 0 Å². The second-order valence-electron chi connectivity index (χ2n) is 4.09. The number of nitrogens with zero attached hydrogens (tertiary/aromatic N) is 1. The molecule has 0 N–H and O–H groups in total. The Kier molecular flexibility index (Phi) is 4.18. The van der Waals surface area contributed by atoms with E-state index in [9.17, 15) is 18.0 Å². The average molecular weight is 316 g/mol. The lowest BCUT2D eigenvalue weighted by atomic mass is 10.1. The summed E-state index contributed by atoms with van der Waals surface area (Å²) in [5, 5.41) is 0.237. The number of hydrogen-bond acceptors (Lipinski definition) is 3. The molecule has 0 radical (unpaired) electrons. The molecule has 21 heavy (non-hydrogen) atoms. The van der Waals surface area contributed by atoms with Crippen molar-refractivity contribution in [2.75, 3.05) is 7.11 Å². The van der Waals surface area contributed by atoms with Gasteiger partial charge >= 0.3 is 6.18 Å². The van der Waals surface area contributed by atoms with E-state index >= 15 is 0 Å². The Balaban J connectivity index is 2.32. The number of aromatic nitrogens is 1. The van der Waals surface area contributed by atoms with Crippen LogP contribution in [-0.4, -0.2) is 17.9 Å². The maximum absolute atomic E-state index is 12.5. The zero-order valence-corrected chi connectivity index (χ0v) is 11.5. The molecule has 1 aromatic carbocycles. The molecule has 0 unspecified atom stereocenters. The van der Waals surface area contributed by atoms with Gasteiger partial charge in [0, 0.05) is 5.56 Å². The Bertz CT molecular complexity index is 669. The molecule has 0 fully saturated rings. The zero-order valence-electron chi connectivity index (χ0n) is 10.7. The first-order chi connectivity index (χ1) is 9.82. The molecule has 1 aromatic heterocycles. The van der Waals surface area contributed by atoms with Crippen molar-refractivity contribution in [3.05, 3.63) is 58.2 Å². The number of ether oxygens (including phenoxy) is 1. The summed E-state index contributed by atoms with van der Waals surface area (Å²) >= 11 is 5.79. The highest BCUT2D eigenvalue weighted by atomic mass is 35.5. The molecule has 1 heterocycles. The van der Waals surface area contributed by atoms with Crippen molar-refractivity contribution >= 4 is 17.4 Å². The average Bonchev–Trinajstić information content (AvgIpc) is 2.46. The fourth-order valence-corrected chi connectivity index (χ4v) is 1.83. The molecule has 0 atom stereocenters. The molecule has 0 spiro atoms. The molecule has 110 valence electrons. The molecule has 0 aliphatic rings. The van der Waals surface area contributed by atoms with Crippen LogP contribution >= 0.6 is 11.6 Å². The van der Waals surface area contributed by atoms with Crippen LogP contribution in [0.5, 0.6) is 5.88 Å². The molecule has 0 amide bonds. The summed E-state index contributed by atoms with van der Waals surface area (Å²) in [6.45, 7) is 0. The molecule has 7 heteroatoms. The maximum Gasteiger partial charge on any atom is 0.416 e. The highest BCUT2D eigenvalue weighted by Gasteiger charge is 2.30. The zero-order chi connectivity index (χ0) is 15.6. The number of benzene rings is 1. The van der Waals surface area contributed by atoms with E-state index in [1.165, 1.54) is 19.2 Å². The van der Waals surface area contributed by atoms with Crippen molar-refractivity contribution in [2.45, 2.75) is 6.18 Å². The number of alkyl halides is 3. The topological polar surface area (TPSA) is 39.2 Å². The van der Waals surface area contributed by atoms with Gasteiger partial charge in [-0.1, -0.05) is 23.7 Å². The van der Waals surface area contributed by atoms with Crippen molar-refractivity contribution in [3.8, 4) is 5.88 Å². The van der Waals surface area contributed by atoms with Crippen LogP contribution in [0.15, 0.2) is 36.4 Å². The quantitative estimate of drug-likeness (QED) is 0.804. The third-order valence-electron chi connectivity index (χ3n) is 2.71. The van der Waals surface area contributed by atoms with E-state index in [4.69, 9.17) is 16.3 Å². The van der Waals surface area contributed by atoms with Crippen LogP contribution in [0.3, 0.4) is 0 Å². The minimum absolute atomic E-state index is 0.0380. The molecule has 3 nitrogen and oxygen atoms in total. The lowest BCUT2D eigenvalue weighted by Crippen LogP contribution is -2.08. The molecule has 0 bridgehead atoms. The van der Waals surface area contributed by atoms with Crippen molar-refractivity contribution < 1.29 is 22.7 Å². The van der Waals surface area contributed by atoms with Crippen LogP contribution in [0.4, 0.5) is 13.2 Å². The fourth-order valence-electron chi connectivity index (χ4n) is 1.65. The number of hydrogen-bond donors (Lipinski definition) is 0. The van der Waals surface area contributed by atoms with Gasteiger partial charge in [-0.25, -0.2) is 4.98 Å². The van der Waals surface area contributed by atoms with Gasteiger partial charge in [-0.05, 0) is 24.3 Å². The van der Waals surface area contributed by atoms with Crippen molar-refractivity contribution in [1.82, 2.24) is 4.98 Å². The number of halogens is 4. The molecule has 0 saturated heterocycles. The normalized spacial score (nSPS) is 11.3. The molecule has 0 aliphatic carbocycles. The summed E-state index contributed by atoms with van der Waals surface area (Å²) in [4.78, 5) is 16.1. The van der Waals surface area contributed by atoms with Crippen LogP contribution in [0, 0.1) is 0 Å². The third kappa shape index (κ3) is 3.33. The van der Waals surface area contributed by atoms with E-state index in [2.05, 4.69) is 4.98 Å².